The Morgan fingerprint density at radius 1 is 0.460 bits per heavy atom. The van der Waals surface area contributed by atoms with Crippen molar-refractivity contribution in [3.63, 3.8) is 0 Å². The van der Waals surface area contributed by atoms with Gasteiger partial charge < -0.3 is 13.6 Å². The maximum atomic E-state index is 6.40. The highest BCUT2D eigenvalue weighted by Gasteiger charge is 2.17. The van der Waals surface area contributed by atoms with Gasteiger partial charge in [-0.05, 0) is 102 Å². The molecule has 0 spiro atoms. The van der Waals surface area contributed by atoms with E-state index in [4.69, 9.17) is 4.42 Å². The van der Waals surface area contributed by atoms with Gasteiger partial charge in [0.25, 0.3) is 0 Å². The average molecular weight is 645 g/mol. The monoisotopic (exact) mass is 644 g/mol. The number of benzene rings is 7. The minimum atomic E-state index is 0.663. The molecule has 0 aliphatic carbocycles. The molecule has 3 aromatic heterocycles. The molecule has 0 aliphatic rings. The highest BCUT2D eigenvalue weighted by Crippen LogP contribution is 2.39. The first-order valence-electron chi connectivity index (χ1n) is 17.7. The maximum Gasteiger partial charge on any atom is 0.135 e. The van der Waals surface area contributed by atoms with Gasteiger partial charge in [-0.1, -0.05) is 99.1 Å². The van der Waals surface area contributed by atoms with E-state index in [9.17, 15) is 0 Å². The van der Waals surface area contributed by atoms with E-state index < -0.39 is 0 Å². The van der Waals surface area contributed by atoms with Gasteiger partial charge in [0.1, 0.15) is 11.2 Å². The highest BCUT2D eigenvalue weighted by atomic mass is 16.3. The lowest BCUT2D eigenvalue weighted by Crippen LogP contribution is -2.00. The number of rotatable bonds is 6. The molecular weight excluding hydrogens is 609 g/mol. The van der Waals surface area contributed by atoms with E-state index in [-0.39, 0.29) is 0 Å². The molecule has 10 aromatic rings. The zero-order valence-electron chi connectivity index (χ0n) is 28.2. The first-order chi connectivity index (χ1) is 24.6. The molecule has 3 nitrogen and oxygen atoms in total. The number of hydrogen-bond acceptors (Lipinski definition) is 1. The number of nitrogens with zero attached hydrogens (tertiary/aromatic N) is 2. The molecule has 1 unspecified atom stereocenters. The van der Waals surface area contributed by atoms with Gasteiger partial charge >= 0.3 is 0 Å². The molecule has 1 atom stereocenters. The standard InChI is InChI=1S/C47H36N2O/c1-3-30(2)25-31-11-10-12-34(26-31)48-44-18-9-6-15-38(44)39-27-32(19-22-45(39)48)33-20-23-46-40(28-33)41-29-35(21-24-47(41)50-46)49-42-16-7-4-13-36(42)37-14-5-8-17-43(37)49/h4-24,26-30H,3,25H2,1-2H3. The van der Waals surface area contributed by atoms with E-state index in [2.05, 4.69) is 175 Å². The summed E-state index contributed by atoms with van der Waals surface area (Å²) in [6, 6.07) is 55.3. The van der Waals surface area contributed by atoms with Gasteiger partial charge in [-0.25, -0.2) is 0 Å². The summed E-state index contributed by atoms with van der Waals surface area (Å²) in [6.07, 6.45) is 2.28. The summed E-state index contributed by atoms with van der Waals surface area (Å²) in [6.45, 7) is 4.61. The maximum absolute atomic E-state index is 6.40. The minimum Gasteiger partial charge on any atom is -0.456 e. The van der Waals surface area contributed by atoms with Gasteiger partial charge in [-0.2, -0.15) is 0 Å². The summed E-state index contributed by atoms with van der Waals surface area (Å²) in [7, 11) is 0. The number of para-hydroxylation sites is 3. The largest absolute Gasteiger partial charge is 0.456 e. The van der Waals surface area contributed by atoms with Crippen LogP contribution in [0.4, 0.5) is 0 Å². The normalized spacial score (nSPS) is 12.7. The summed E-state index contributed by atoms with van der Waals surface area (Å²) >= 11 is 0. The van der Waals surface area contributed by atoms with Crippen molar-refractivity contribution >= 4 is 65.6 Å². The Labute approximate surface area is 290 Å². The van der Waals surface area contributed by atoms with Crippen LogP contribution in [0, 0.1) is 5.92 Å². The number of aromatic nitrogens is 2. The Bertz CT molecular complexity index is 2860. The molecule has 50 heavy (non-hydrogen) atoms. The number of fused-ring (bicyclic) bond motifs is 9. The lowest BCUT2D eigenvalue weighted by atomic mass is 9.98. The molecule has 0 saturated carbocycles. The number of furan rings is 1. The molecule has 240 valence electrons. The fourth-order valence-corrected chi connectivity index (χ4v) is 8.08. The topological polar surface area (TPSA) is 23.0 Å². The van der Waals surface area contributed by atoms with Crippen molar-refractivity contribution in [3.8, 4) is 22.5 Å². The Morgan fingerprint density at radius 3 is 1.64 bits per heavy atom. The van der Waals surface area contributed by atoms with E-state index in [0.717, 1.165) is 34.0 Å². The van der Waals surface area contributed by atoms with Crippen molar-refractivity contribution in [1.82, 2.24) is 9.13 Å². The Kier molecular flexibility index (Phi) is 6.50. The van der Waals surface area contributed by atoms with Gasteiger partial charge in [-0.3, -0.25) is 0 Å². The fourth-order valence-electron chi connectivity index (χ4n) is 8.08. The van der Waals surface area contributed by atoms with Crippen LogP contribution in [0.3, 0.4) is 0 Å². The zero-order valence-corrected chi connectivity index (χ0v) is 28.2. The third-order valence-corrected chi connectivity index (χ3v) is 10.7. The predicted octanol–water partition coefficient (Wildman–Crippen LogP) is 13.0. The van der Waals surface area contributed by atoms with Crippen LogP contribution < -0.4 is 0 Å². The van der Waals surface area contributed by atoms with Crippen molar-refractivity contribution in [1.29, 1.82) is 0 Å². The van der Waals surface area contributed by atoms with Crippen molar-refractivity contribution in [2.45, 2.75) is 26.7 Å². The van der Waals surface area contributed by atoms with Crippen molar-refractivity contribution in [3.05, 3.63) is 157 Å². The van der Waals surface area contributed by atoms with Gasteiger partial charge in [0, 0.05) is 43.7 Å². The van der Waals surface area contributed by atoms with E-state index >= 15 is 0 Å². The first kappa shape index (κ1) is 28.9. The zero-order chi connectivity index (χ0) is 33.3. The van der Waals surface area contributed by atoms with Crippen molar-refractivity contribution < 1.29 is 4.42 Å². The molecule has 3 heteroatoms. The van der Waals surface area contributed by atoms with E-state index in [1.54, 1.807) is 0 Å². The third kappa shape index (κ3) is 4.43. The fraction of sp³-hybridized carbons (Fsp3) is 0.106. The Hall–Kier alpha value is -6.06. The molecule has 0 fully saturated rings. The first-order valence-corrected chi connectivity index (χ1v) is 17.7. The average Bonchev–Trinajstić information content (AvgIpc) is 3.81. The van der Waals surface area contributed by atoms with Crippen LogP contribution in [0.1, 0.15) is 25.8 Å². The van der Waals surface area contributed by atoms with Crippen LogP contribution in [-0.2, 0) is 6.42 Å². The predicted molar refractivity (Wildman–Crippen MR) is 211 cm³/mol. The van der Waals surface area contributed by atoms with Crippen LogP contribution in [0.2, 0.25) is 0 Å². The molecule has 0 aliphatic heterocycles. The molecule has 0 N–H and O–H groups in total. The van der Waals surface area contributed by atoms with Crippen molar-refractivity contribution in [2.24, 2.45) is 5.92 Å². The molecule has 0 amide bonds. The van der Waals surface area contributed by atoms with E-state index in [0.29, 0.717) is 5.92 Å². The van der Waals surface area contributed by atoms with Crippen LogP contribution in [0.25, 0.3) is 88.1 Å². The second kappa shape index (κ2) is 11.2. The Morgan fingerprint density at radius 2 is 0.980 bits per heavy atom. The van der Waals surface area contributed by atoms with E-state index in [1.807, 2.05) is 0 Å². The Balaban J connectivity index is 1.12. The summed E-state index contributed by atoms with van der Waals surface area (Å²) in [5, 5.41) is 7.30. The van der Waals surface area contributed by atoms with Gasteiger partial charge in [0.2, 0.25) is 0 Å². The molecule has 0 saturated heterocycles. The van der Waals surface area contributed by atoms with Gasteiger partial charge in [0.05, 0.1) is 22.1 Å². The molecule has 0 bridgehead atoms. The molecule has 3 heterocycles. The minimum absolute atomic E-state index is 0.663. The summed E-state index contributed by atoms with van der Waals surface area (Å²) in [5.74, 6) is 0.663. The summed E-state index contributed by atoms with van der Waals surface area (Å²) in [5.41, 5.74) is 12.8. The molecular formula is C47H36N2O. The summed E-state index contributed by atoms with van der Waals surface area (Å²) < 4.78 is 11.2. The quantitative estimate of drug-likeness (QED) is 0.177. The lowest BCUT2D eigenvalue weighted by Gasteiger charge is -2.12. The van der Waals surface area contributed by atoms with Gasteiger partial charge in [-0.15, -0.1) is 0 Å². The molecule has 7 aromatic carbocycles. The van der Waals surface area contributed by atoms with Crippen LogP contribution in [0.15, 0.2) is 156 Å². The third-order valence-electron chi connectivity index (χ3n) is 10.7. The van der Waals surface area contributed by atoms with E-state index in [1.165, 1.54) is 72.4 Å². The number of hydrogen-bond donors (Lipinski definition) is 0. The smallest absolute Gasteiger partial charge is 0.135 e. The second-order valence-electron chi connectivity index (χ2n) is 13.8. The second-order valence-corrected chi connectivity index (χ2v) is 13.8. The highest BCUT2D eigenvalue weighted by molar-refractivity contribution is 6.12. The van der Waals surface area contributed by atoms with Crippen molar-refractivity contribution in [2.75, 3.05) is 0 Å². The van der Waals surface area contributed by atoms with Gasteiger partial charge in [0.15, 0.2) is 0 Å². The van der Waals surface area contributed by atoms with Crippen LogP contribution in [0.5, 0.6) is 0 Å². The molecule has 10 rings (SSSR count). The lowest BCUT2D eigenvalue weighted by molar-refractivity contribution is 0.560. The summed E-state index contributed by atoms with van der Waals surface area (Å²) in [4.78, 5) is 0. The SMILES string of the molecule is CCC(C)Cc1cccc(-n2c3ccccc3c3cc(-c4ccc5oc6ccc(-n7c8ccccc8c8ccccc87)cc6c5c4)ccc32)c1. The van der Waals surface area contributed by atoms with Crippen LogP contribution in [-0.4, -0.2) is 9.13 Å². The van der Waals surface area contributed by atoms with Crippen LogP contribution >= 0.6 is 0 Å². The molecule has 0 radical (unpaired) electrons.